The lowest BCUT2D eigenvalue weighted by atomic mass is 10.2. The van der Waals surface area contributed by atoms with Gasteiger partial charge in [-0.25, -0.2) is 5.43 Å². The van der Waals surface area contributed by atoms with Gasteiger partial charge in [-0.3, -0.25) is 19.9 Å². The molecule has 0 aliphatic carbocycles. The van der Waals surface area contributed by atoms with Gasteiger partial charge in [0.15, 0.2) is 11.5 Å². The second kappa shape index (κ2) is 10.5. The first kappa shape index (κ1) is 21.4. The third-order valence-corrected chi connectivity index (χ3v) is 4.13. The van der Waals surface area contributed by atoms with Gasteiger partial charge in [-0.1, -0.05) is 0 Å². The minimum absolute atomic E-state index is 0.0263. The minimum Gasteiger partial charge on any atom is -0.490 e. The van der Waals surface area contributed by atoms with Gasteiger partial charge in [-0.05, 0) is 60.5 Å². The minimum atomic E-state index is -0.447. The Kier molecular flexibility index (Phi) is 7.26. The first-order valence-electron chi connectivity index (χ1n) is 9.43. The van der Waals surface area contributed by atoms with Crippen LogP contribution in [0.4, 0.5) is 5.69 Å². The van der Waals surface area contributed by atoms with Crippen molar-refractivity contribution in [3.63, 3.8) is 0 Å². The van der Waals surface area contributed by atoms with E-state index >= 15 is 0 Å². The van der Waals surface area contributed by atoms with Crippen LogP contribution >= 0.6 is 0 Å². The van der Waals surface area contributed by atoms with E-state index in [2.05, 4.69) is 15.5 Å². The summed E-state index contributed by atoms with van der Waals surface area (Å²) in [5, 5.41) is 14.7. The van der Waals surface area contributed by atoms with E-state index in [-0.39, 0.29) is 18.2 Å². The van der Waals surface area contributed by atoms with Crippen LogP contribution in [0.5, 0.6) is 11.5 Å². The molecule has 0 fully saturated rings. The van der Waals surface area contributed by atoms with E-state index in [0.29, 0.717) is 29.2 Å². The summed E-state index contributed by atoms with van der Waals surface area (Å²) in [4.78, 5) is 26.2. The molecule has 0 bridgehead atoms. The molecule has 3 aromatic rings. The molecule has 9 heteroatoms. The van der Waals surface area contributed by atoms with Gasteiger partial charge >= 0.3 is 0 Å². The Hall–Kier alpha value is -4.27. The lowest BCUT2D eigenvalue weighted by Crippen LogP contribution is -2.17. The second-order valence-corrected chi connectivity index (χ2v) is 6.29. The van der Waals surface area contributed by atoms with Crippen molar-refractivity contribution in [2.45, 2.75) is 13.5 Å². The largest absolute Gasteiger partial charge is 0.490 e. The smallest absolute Gasteiger partial charge is 0.271 e. The number of ether oxygens (including phenoxy) is 2. The predicted molar refractivity (Wildman–Crippen MR) is 114 cm³/mol. The zero-order valence-electron chi connectivity index (χ0n) is 16.7. The summed E-state index contributed by atoms with van der Waals surface area (Å²) < 4.78 is 11.5. The number of nitro benzene ring substituents is 1. The van der Waals surface area contributed by atoms with Gasteiger partial charge in [0.2, 0.25) is 0 Å². The van der Waals surface area contributed by atoms with Crippen LogP contribution in [0, 0.1) is 10.1 Å². The van der Waals surface area contributed by atoms with Crippen molar-refractivity contribution in [3.8, 4) is 11.5 Å². The molecule has 0 aliphatic heterocycles. The molecule has 0 saturated heterocycles. The third-order valence-electron chi connectivity index (χ3n) is 4.13. The summed E-state index contributed by atoms with van der Waals surface area (Å²) >= 11 is 0. The van der Waals surface area contributed by atoms with Gasteiger partial charge in [0.1, 0.15) is 6.61 Å². The van der Waals surface area contributed by atoms with Crippen LogP contribution < -0.4 is 14.9 Å². The number of carbonyl (C=O) groups is 1. The van der Waals surface area contributed by atoms with E-state index in [0.717, 1.165) is 5.56 Å². The summed E-state index contributed by atoms with van der Waals surface area (Å²) in [5.41, 5.74) is 4.44. The van der Waals surface area contributed by atoms with Crippen LogP contribution in [0.25, 0.3) is 0 Å². The number of nitrogens with one attached hydrogen (secondary N) is 1. The number of pyridine rings is 1. The molecule has 1 amide bonds. The zero-order valence-corrected chi connectivity index (χ0v) is 16.7. The molecule has 2 aromatic carbocycles. The highest BCUT2D eigenvalue weighted by atomic mass is 16.6. The number of hydrogen-bond donors (Lipinski definition) is 1. The number of rotatable bonds is 9. The maximum absolute atomic E-state index is 12.0. The summed E-state index contributed by atoms with van der Waals surface area (Å²) in [6.45, 7) is 2.52. The molecule has 0 radical (unpaired) electrons. The molecule has 0 atom stereocenters. The van der Waals surface area contributed by atoms with Gasteiger partial charge < -0.3 is 9.47 Å². The molecule has 31 heavy (non-hydrogen) atoms. The fourth-order valence-corrected chi connectivity index (χ4v) is 2.60. The normalized spacial score (nSPS) is 10.6. The lowest BCUT2D eigenvalue weighted by molar-refractivity contribution is -0.384. The van der Waals surface area contributed by atoms with E-state index in [1.165, 1.54) is 30.7 Å². The number of aromatic nitrogens is 1. The Morgan fingerprint density at radius 1 is 1.10 bits per heavy atom. The predicted octanol–water partition coefficient (Wildman–Crippen LogP) is 3.73. The first-order chi connectivity index (χ1) is 15.1. The van der Waals surface area contributed by atoms with Gasteiger partial charge in [0.05, 0.1) is 17.7 Å². The van der Waals surface area contributed by atoms with Gasteiger partial charge in [-0.2, -0.15) is 5.10 Å². The van der Waals surface area contributed by atoms with Crippen molar-refractivity contribution in [1.82, 2.24) is 10.4 Å². The Labute approximate surface area is 178 Å². The number of hydrazone groups is 1. The Morgan fingerprint density at radius 3 is 2.52 bits per heavy atom. The molecule has 0 aliphatic rings. The number of non-ortho nitro benzene ring substituents is 1. The topological polar surface area (TPSA) is 116 Å². The number of hydrogen-bond acceptors (Lipinski definition) is 7. The quantitative estimate of drug-likeness (QED) is 0.320. The van der Waals surface area contributed by atoms with Gasteiger partial charge in [0, 0.05) is 30.1 Å². The molecule has 3 rings (SSSR count). The van der Waals surface area contributed by atoms with E-state index in [9.17, 15) is 14.9 Å². The molecule has 0 spiro atoms. The van der Waals surface area contributed by atoms with Gasteiger partial charge in [-0.15, -0.1) is 0 Å². The number of carbonyl (C=O) groups excluding carboxylic acids is 1. The maximum atomic E-state index is 12.0. The van der Waals surface area contributed by atoms with Crippen molar-refractivity contribution < 1.29 is 19.2 Å². The van der Waals surface area contributed by atoms with Crippen molar-refractivity contribution >= 4 is 17.8 Å². The van der Waals surface area contributed by atoms with Crippen molar-refractivity contribution in [2.24, 2.45) is 5.10 Å². The molecule has 0 saturated carbocycles. The van der Waals surface area contributed by atoms with Crippen LogP contribution in [0.2, 0.25) is 0 Å². The SMILES string of the molecule is CCOc1cc(/C=N\NC(=O)c2ccncc2)ccc1OCc1ccc([N+](=O)[O-])cc1. The average Bonchev–Trinajstić information content (AvgIpc) is 2.79. The monoisotopic (exact) mass is 420 g/mol. The Balaban J connectivity index is 1.64. The molecule has 158 valence electrons. The zero-order chi connectivity index (χ0) is 22.1. The Morgan fingerprint density at radius 2 is 1.84 bits per heavy atom. The van der Waals surface area contributed by atoms with Crippen LogP contribution in [-0.4, -0.2) is 28.6 Å². The van der Waals surface area contributed by atoms with E-state index < -0.39 is 4.92 Å². The highest BCUT2D eigenvalue weighted by Crippen LogP contribution is 2.29. The molecule has 1 heterocycles. The maximum Gasteiger partial charge on any atom is 0.271 e. The number of benzene rings is 2. The van der Waals surface area contributed by atoms with E-state index in [1.807, 2.05) is 6.92 Å². The summed E-state index contributed by atoms with van der Waals surface area (Å²) in [6, 6.07) is 14.6. The standard InChI is InChI=1S/C22H20N4O5/c1-2-30-21-13-17(14-24-25-22(27)18-9-11-23-12-10-18)5-8-20(21)31-15-16-3-6-19(7-4-16)26(28)29/h3-14H,2,15H2,1H3,(H,25,27)/b24-14-. The lowest BCUT2D eigenvalue weighted by Gasteiger charge is -2.12. The first-order valence-corrected chi connectivity index (χ1v) is 9.43. The second-order valence-electron chi connectivity index (χ2n) is 6.29. The third kappa shape index (κ3) is 6.10. The summed E-state index contributed by atoms with van der Waals surface area (Å²) in [7, 11) is 0. The van der Waals surface area contributed by atoms with Crippen molar-refractivity contribution in [2.75, 3.05) is 6.61 Å². The Bertz CT molecular complexity index is 1070. The number of nitrogens with zero attached hydrogens (tertiary/aromatic N) is 3. The molecule has 1 aromatic heterocycles. The van der Waals surface area contributed by atoms with Crippen molar-refractivity contribution in [1.29, 1.82) is 0 Å². The number of nitro groups is 1. The van der Waals surface area contributed by atoms with Crippen LogP contribution in [0.15, 0.2) is 72.1 Å². The number of amides is 1. The van der Waals surface area contributed by atoms with Crippen LogP contribution in [-0.2, 0) is 6.61 Å². The highest BCUT2D eigenvalue weighted by molar-refractivity contribution is 5.94. The van der Waals surface area contributed by atoms with Gasteiger partial charge in [0.25, 0.3) is 11.6 Å². The van der Waals surface area contributed by atoms with Crippen LogP contribution in [0.1, 0.15) is 28.4 Å². The molecule has 0 unspecified atom stereocenters. The van der Waals surface area contributed by atoms with Crippen LogP contribution in [0.3, 0.4) is 0 Å². The average molecular weight is 420 g/mol. The van der Waals surface area contributed by atoms with E-state index in [1.54, 1.807) is 42.5 Å². The summed E-state index contributed by atoms with van der Waals surface area (Å²) in [5.74, 6) is 0.707. The summed E-state index contributed by atoms with van der Waals surface area (Å²) in [6.07, 6.45) is 4.56. The molecular weight excluding hydrogens is 400 g/mol. The van der Waals surface area contributed by atoms with E-state index in [4.69, 9.17) is 9.47 Å². The fraction of sp³-hybridized carbons (Fsp3) is 0.136. The molecular formula is C22H20N4O5. The molecule has 1 N–H and O–H groups in total. The molecule has 9 nitrogen and oxygen atoms in total. The van der Waals surface area contributed by atoms with Crippen molar-refractivity contribution in [3.05, 3.63) is 93.8 Å². The fourth-order valence-electron chi connectivity index (χ4n) is 2.60. The highest BCUT2D eigenvalue weighted by Gasteiger charge is 2.09.